The number of hydrogen-bond donors (Lipinski definition) is 2. The van der Waals surface area contributed by atoms with E-state index in [0.29, 0.717) is 25.4 Å². The Morgan fingerprint density at radius 1 is 0.962 bits per heavy atom. The van der Waals surface area contributed by atoms with Crippen LogP contribution in [-0.2, 0) is 14.4 Å². The molecule has 1 aliphatic carbocycles. The lowest BCUT2D eigenvalue weighted by Gasteiger charge is -2.33. The second-order valence-corrected chi connectivity index (χ2v) is 7.85. The molecule has 6 nitrogen and oxygen atoms in total. The number of nitrogens with one attached hydrogen (secondary N) is 2. The predicted molar refractivity (Wildman–Crippen MR) is 101 cm³/mol. The minimum Gasteiger partial charge on any atom is -0.356 e. The maximum atomic E-state index is 12.4. The molecule has 2 aliphatic rings. The lowest BCUT2D eigenvalue weighted by molar-refractivity contribution is -0.134. The third kappa shape index (κ3) is 6.29. The standard InChI is InChI=1S/C20H35N3O3/c1-3-15-7-9-17(10-8-15)20(26)22-12-16-6-5-11-23(14-16)19(25)13-21-18(24)4-2/h15-17H,3-14H2,1-2H3,(H,21,24)(H,22,26). The fraction of sp³-hybridized carbons (Fsp3) is 0.850. The Morgan fingerprint density at radius 2 is 1.69 bits per heavy atom. The van der Waals surface area contributed by atoms with Crippen molar-refractivity contribution in [3.05, 3.63) is 0 Å². The van der Waals surface area contributed by atoms with Gasteiger partial charge in [-0.1, -0.05) is 20.3 Å². The normalized spacial score (nSPS) is 26.2. The monoisotopic (exact) mass is 365 g/mol. The van der Waals surface area contributed by atoms with E-state index in [4.69, 9.17) is 0 Å². The van der Waals surface area contributed by atoms with Gasteiger partial charge in [0.2, 0.25) is 17.7 Å². The molecule has 1 saturated heterocycles. The van der Waals surface area contributed by atoms with Crippen LogP contribution in [0.2, 0.25) is 0 Å². The maximum absolute atomic E-state index is 12.4. The van der Waals surface area contributed by atoms with Crippen LogP contribution in [0.1, 0.15) is 65.2 Å². The Morgan fingerprint density at radius 3 is 2.35 bits per heavy atom. The minimum atomic E-state index is -0.100. The van der Waals surface area contributed by atoms with E-state index in [-0.39, 0.29) is 30.2 Å². The fourth-order valence-corrected chi connectivity index (χ4v) is 4.09. The highest BCUT2D eigenvalue weighted by molar-refractivity contribution is 5.84. The predicted octanol–water partition coefficient (Wildman–Crippen LogP) is 2.08. The second-order valence-electron chi connectivity index (χ2n) is 7.85. The molecule has 148 valence electrons. The van der Waals surface area contributed by atoms with Crippen LogP contribution >= 0.6 is 0 Å². The van der Waals surface area contributed by atoms with Crippen LogP contribution in [0.25, 0.3) is 0 Å². The van der Waals surface area contributed by atoms with Crippen LogP contribution in [0.4, 0.5) is 0 Å². The SMILES string of the molecule is CCC(=O)NCC(=O)N1CCCC(CNC(=O)C2CCC(CC)CC2)C1. The van der Waals surface area contributed by atoms with Crippen molar-refractivity contribution in [1.29, 1.82) is 0 Å². The summed E-state index contributed by atoms with van der Waals surface area (Å²) < 4.78 is 0. The molecule has 0 bridgehead atoms. The molecule has 1 saturated carbocycles. The quantitative estimate of drug-likeness (QED) is 0.725. The molecular formula is C20H35N3O3. The first-order chi connectivity index (χ1) is 12.5. The smallest absolute Gasteiger partial charge is 0.241 e. The summed E-state index contributed by atoms with van der Waals surface area (Å²) in [6, 6.07) is 0. The first-order valence-electron chi connectivity index (χ1n) is 10.4. The van der Waals surface area contributed by atoms with E-state index in [2.05, 4.69) is 17.6 Å². The summed E-state index contributed by atoms with van der Waals surface area (Å²) in [4.78, 5) is 37.8. The van der Waals surface area contributed by atoms with Crippen molar-refractivity contribution >= 4 is 17.7 Å². The Hall–Kier alpha value is -1.59. The van der Waals surface area contributed by atoms with Crippen molar-refractivity contribution in [2.24, 2.45) is 17.8 Å². The van der Waals surface area contributed by atoms with Crippen LogP contribution in [0.3, 0.4) is 0 Å². The molecular weight excluding hydrogens is 330 g/mol. The van der Waals surface area contributed by atoms with Gasteiger partial charge in [0.1, 0.15) is 0 Å². The molecule has 0 radical (unpaired) electrons. The van der Waals surface area contributed by atoms with Crippen molar-refractivity contribution in [3.63, 3.8) is 0 Å². The van der Waals surface area contributed by atoms with Gasteiger partial charge in [0, 0.05) is 32.0 Å². The first-order valence-corrected chi connectivity index (χ1v) is 10.4. The zero-order valence-electron chi connectivity index (χ0n) is 16.4. The Bertz CT molecular complexity index is 487. The number of carbonyl (C=O) groups excluding carboxylic acids is 3. The molecule has 1 heterocycles. The number of carbonyl (C=O) groups is 3. The van der Waals surface area contributed by atoms with Crippen molar-refractivity contribution in [1.82, 2.24) is 15.5 Å². The lowest BCUT2D eigenvalue weighted by atomic mass is 9.80. The molecule has 1 atom stereocenters. The van der Waals surface area contributed by atoms with E-state index in [0.717, 1.165) is 38.1 Å². The number of piperidine rings is 1. The van der Waals surface area contributed by atoms with Crippen molar-refractivity contribution in [2.75, 3.05) is 26.2 Å². The first kappa shape index (κ1) is 20.7. The maximum Gasteiger partial charge on any atom is 0.241 e. The van der Waals surface area contributed by atoms with Gasteiger partial charge >= 0.3 is 0 Å². The molecule has 2 fully saturated rings. The summed E-state index contributed by atoms with van der Waals surface area (Å²) >= 11 is 0. The van der Waals surface area contributed by atoms with E-state index in [1.54, 1.807) is 6.92 Å². The fourth-order valence-electron chi connectivity index (χ4n) is 4.09. The zero-order valence-corrected chi connectivity index (χ0v) is 16.4. The summed E-state index contributed by atoms with van der Waals surface area (Å²) in [5.74, 6) is 1.34. The van der Waals surface area contributed by atoms with Crippen LogP contribution in [0, 0.1) is 17.8 Å². The van der Waals surface area contributed by atoms with Gasteiger partial charge in [-0.25, -0.2) is 0 Å². The molecule has 1 aliphatic heterocycles. The van der Waals surface area contributed by atoms with Crippen molar-refractivity contribution in [2.45, 2.75) is 65.2 Å². The van der Waals surface area contributed by atoms with Crippen molar-refractivity contribution in [3.8, 4) is 0 Å². The Labute approximate surface area is 157 Å². The highest BCUT2D eigenvalue weighted by Crippen LogP contribution is 2.30. The van der Waals surface area contributed by atoms with Crippen LogP contribution in [0.5, 0.6) is 0 Å². The van der Waals surface area contributed by atoms with Crippen LogP contribution < -0.4 is 10.6 Å². The summed E-state index contributed by atoms with van der Waals surface area (Å²) in [5, 5.41) is 5.77. The number of likely N-dealkylation sites (tertiary alicyclic amines) is 1. The van der Waals surface area contributed by atoms with Crippen LogP contribution in [0.15, 0.2) is 0 Å². The molecule has 2 rings (SSSR count). The van der Waals surface area contributed by atoms with Crippen LogP contribution in [-0.4, -0.2) is 48.8 Å². The number of amides is 3. The topological polar surface area (TPSA) is 78.5 Å². The molecule has 2 N–H and O–H groups in total. The number of hydrogen-bond acceptors (Lipinski definition) is 3. The Balaban J connectivity index is 1.70. The number of rotatable bonds is 7. The summed E-state index contributed by atoms with van der Waals surface area (Å²) in [6.45, 7) is 6.14. The third-order valence-electron chi connectivity index (χ3n) is 5.99. The molecule has 0 aromatic carbocycles. The summed E-state index contributed by atoms with van der Waals surface area (Å²) in [6.07, 6.45) is 7.96. The van der Waals surface area contributed by atoms with Crippen molar-refractivity contribution < 1.29 is 14.4 Å². The molecule has 0 spiro atoms. The van der Waals surface area contributed by atoms with E-state index >= 15 is 0 Å². The van der Waals surface area contributed by atoms with Gasteiger partial charge in [-0.3, -0.25) is 14.4 Å². The van der Waals surface area contributed by atoms with Gasteiger partial charge in [0.05, 0.1) is 6.54 Å². The molecule has 3 amide bonds. The van der Waals surface area contributed by atoms with E-state index < -0.39 is 0 Å². The van der Waals surface area contributed by atoms with E-state index in [1.807, 2.05) is 4.90 Å². The molecule has 6 heteroatoms. The van der Waals surface area contributed by atoms with Gasteiger partial charge in [-0.05, 0) is 50.4 Å². The highest BCUT2D eigenvalue weighted by Gasteiger charge is 2.27. The number of nitrogens with zero attached hydrogens (tertiary/aromatic N) is 1. The van der Waals surface area contributed by atoms with Gasteiger partial charge < -0.3 is 15.5 Å². The summed E-state index contributed by atoms with van der Waals surface area (Å²) in [7, 11) is 0. The average molecular weight is 366 g/mol. The average Bonchev–Trinajstić information content (AvgIpc) is 2.70. The highest BCUT2D eigenvalue weighted by atomic mass is 16.2. The van der Waals surface area contributed by atoms with Gasteiger partial charge in [0.15, 0.2) is 0 Å². The molecule has 1 unspecified atom stereocenters. The van der Waals surface area contributed by atoms with E-state index in [9.17, 15) is 14.4 Å². The molecule has 0 aromatic heterocycles. The van der Waals surface area contributed by atoms with E-state index in [1.165, 1.54) is 19.3 Å². The largest absolute Gasteiger partial charge is 0.356 e. The van der Waals surface area contributed by atoms with Gasteiger partial charge in [0.25, 0.3) is 0 Å². The van der Waals surface area contributed by atoms with Gasteiger partial charge in [-0.2, -0.15) is 0 Å². The molecule has 26 heavy (non-hydrogen) atoms. The molecule has 0 aromatic rings. The zero-order chi connectivity index (χ0) is 18.9. The Kier molecular flexibility index (Phi) is 8.39. The second kappa shape index (κ2) is 10.5. The third-order valence-corrected chi connectivity index (χ3v) is 5.99. The van der Waals surface area contributed by atoms with Gasteiger partial charge in [-0.15, -0.1) is 0 Å². The summed E-state index contributed by atoms with van der Waals surface area (Å²) in [5.41, 5.74) is 0. The minimum absolute atomic E-state index is 0.0271. The lowest BCUT2D eigenvalue weighted by Crippen LogP contribution is -2.47.